The molecule has 10 heteroatoms. The monoisotopic (exact) mass is 524 g/mol. The largest absolute Gasteiger partial charge is 0.493 e. The van der Waals surface area contributed by atoms with E-state index in [0.717, 1.165) is 5.56 Å². The summed E-state index contributed by atoms with van der Waals surface area (Å²) in [7, 11) is -2.51. The van der Waals surface area contributed by atoms with Crippen LogP contribution in [-0.4, -0.2) is 30.5 Å². The van der Waals surface area contributed by atoms with Gasteiger partial charge in [-0.2, -0.15) is 0 Å². The Morgan fingerprint density at radius 2 is 1.56 bits per heavy atom. The predicted molar refractivity (Wildman–Crippen MR) is 139 cm³/mol. The fourth-order valence-corrected chi connectivity index (χ4v) is 4.66. The molecule has 0 radical (unpaired) electrons. The van der Waals surface area contributed by atoms with Crippen LogP contribution in [0.25, 0.3) is 11.5 Å². The first-order valence-corrected chi connectivity index (χ1v) is 12.9. The summed E-state index contributed by atoms with van der Waals surface area (Å²) < 4.78 is 40.7. The van der Waals surface area contributed by atoms with Crippen LogP contribution < -0.4 is 14.2 Å². The number of nitrogens with zero attached hydrogens (tertiary/aromatic N) is 3. The van der Waals surface area contributed by atoms with Crippen molar-refractivity contribution >= 4 is 27.3 Å². The number of sulfonamides is 1. The molecule has 0 aliphatic rings. The number of pyridine rings is 1. The van der Waals surface area contributed by atoms with Gasteiger partial charge < -0.3 is 9.47 Å². The molecule has 4 rings (SSSR count). The molecular formula is C26H25ClN4O4S. The minimum Gasteiger partial charge on any atom is -0.493 e. The van der Waals surface area contributed by atoms with Crippen molar-refractivity contribution in [2.75, 3.05) is 11.8 Å². The van der Waals surface area contributed by atoms with Crippen molar-refractivity contribution < 1.29 is 17.9 Å². The minimum atomic E-state index is -4.01. The third-order valence-electron chi connectivity index (χ3n) is 5.28. The maximum atomic E-state index is 13.4. The first kappa shape index (κ1) is 25.4. The summed E-state index contributed by atoms with van der Waals surface area (Å²) >= 11 is 6.51. The smallest absolute Gasteiger partial charge is 0.262 e. The highest BCUT2D eigenvalue weighted by molar-refractivity contribution is 7.92. The molecule has 0 saturated carbocycles. The molecule has 2 heterocycles. The molecular weight excluding hydrogens is 500 g/mol. The van der Waals surface area contributed by atoms with Gasteiger partial charge in [-0.3, -0.25) is 4.72 Å². The van der Waals surface area contributed by atoms with Crippen molar-refractivity contribution in [2.24, 2.45) is 0 Å². The van der Waals surface area contributed by atoms with Crippen molar-refractivity contribution in [1.82, 2.24) is 15.0 Å². The van der Waals surface area contributed by atoms with E-state index in [2.05, 4.69) is 40.4 Å². The van der Waals surface area contributed by atoms with Crippen LogP contribution in [0.4, 0.5) is 5.69 Å². The quantitative estimate of drug-likeness (QED) is 0.292. The Balaban J connectivity index is 1.79. The fourth-order valence-electron chi connectivity index (χ4n) is 3.37. The van der Waals surface area contributed by atoms with Gasteiger partial charge in [-0.15, -0.1) is 0 Å². The molecule has 0 unspecified atom stereocenters. The van der Waals surface area contributed by atoms with Gasteiger partial charge in [0.1, 0.15) is 5.69 Å². The van der Waals surface area contributed by atoms with E-state index in [0.29, 0.717) is 11.5 Å². The lowest BCUT2D eigenvalue weighted by molar-refractivity contribution is 0.379. The Morgan fingerprint density at radius 3 is 2.17 bits per heavy atom. The van der Waals surface area contributed by atoms with E-state index in [-0.39, 0.29) is 38.4 Å². The number of ether oxygens (including phenoxy) is 2. The Morgan fingerprint density at radius 1 is 0.917 bits per heavy atom. The van der Waals surface area contributed by atoms with Gasteiger partial charge in [0.15, 0.2) is 28.2 Å². The summed E-state index contributed by atoms with van der Waals surface area (Å²) in [5.74, 6) is 1.06. The molecule has 4 aromatic rings. The van der Waals surface area contributed by atoms with E-state index in [1.165, 1.54) is 13.2 Å². The van der Waals surface area contributed by atoms with Crippen LogP contribution in [-0.2, 0) is 15.4 Å². The van der Waals surface area contributed by atoms with E-state index in [4.69, 9.17) is 21.1 Å². The molecule has 0 saturated heterocycles. The van der Waals surface area contributed by atoms with E-state index in [9.17, 15) is 8.42 Å². The number of halogens is 1. The molecule has 0 fully saturated rings. The fraction of sp³-hybridized carbons (Fsp3) is 0.192. The van der Waals surface area contributed by atoms with E-state index < -0.39 is 10.0 Å². The number of para-hydroxylation sites is 2. The molecule has 0 atom stereocenters. The zero-order valence-electron chi connectivity index (χ0n) is 20.2. The lowest BCUT2D eigenvalue weighted by Gasteiger charge is -2.20. The SMILES string of the molecule is COc1ccccc1Oc1c(NS(=O)(=O)c2ccc(C(C)(C)C)cc2)cc(-c2ncccn2)nc1Cl. The van der Waals surface area contributed by atoms with Gasteiger partial charge in [-0.25, -0.2) is 23.4 Å². The first-order chi connectivity index (χ1) is 17.1. The van der Waals surface area contributed by atoms with E-state index >= 15 is 0 Å². The number of methoxy groups -OCH3 is 1. The standard InChI is InChI=1S/C26H25ClN4O4S/c1-26(2,3)17-10-12-18(13-11-17)36(32,33)31-19-16-20(25-28-14-7-15-29-25)30-24(27)23(19)35-22-9-6-5-8-21(22)34-4/h5-16H,1-4H3,(H,30,31). The van der Waals surface area contributed by atoms with Crippen molar-refractivity contribution in [1.29, 1.82) is 0 Å². The minimum absolute atomic E-state index is 0.00994. The average Bonchev–Trinajstić information content (AvgIpc) is 2.86. The topological polar surface area (TPSA) is 103 Å². The van der Waals surface area contributed by atoms with Gasteiger partial charge >= 0.3 is 0 Å². The Hall–Kier alpha value is -3.69. The second-order valence-corrected chi connectivity index (χ2v) is 10.9. The highest BCUT2D eigenvalue weighted by Gasteiger charge is 2.23. The molecule has 1 N–H and O–H groups in total. The van der Waals surface area contributed by atoms with Crippen molar-refractivity contribution in [3.05, 3.63) is 83.8 Å². The zero-order chi connectivity index (χ0) is 25.9. The molecule has 2 aromatic carbocycles. The van der Waals surface area contributed by atoms with Crippen LogP contribution in [0.5, 0.6) is 17.2 Å². The number of hydrogen-bond acceptors (Lipinski definition) is 7. The third-order valence-corrected chi connectivity index (χ3v) is 6.92. The third kappa shape index (κ3) is 5.58. The summed E-state index contributed by atoms with van der Waals surface area (Å²) in [6, 6.07) is 16.8. The average molecular weight is 525 g/mol. The highest BCUT2D eigenvalue weighted by Crippen LogP contribution is 2.41. The van der Waals surface area contributed by atoms with Crippen molar-refractivity contribution in [3.8, 4) is 28.8 Å². The van der Waals surface area contributed by atoms with Gasteiger partial charge in [0, 0.05) is 12.4 Å². The van der Waals surface area contributed by atoms with Crippen LogP contribution in [0, 0.1) is 0 Å². The van der Waals surface area contributed by atoms with Crippen LogP contribution in [0.3, 0.4) is 0 Å². The summed E-state index contributed by atoms with van der Waals surface area (Å²) in [4.78, 5) is 12.8. The number of benzene rings is 2. The molecule has 0 aliphatic carbocycles. The van der Waals surface area contributed by atoms with Gasteiger partial charge in [0.25, 0.3) is 10.0 Å². The molecule has 8 nitrogen and oxygen atoms in total. The maximum Gasteiger partial charge on any atom is 0.262 e. The zero-order valence-corrected chi connectivity index (χ0v) is 21.8. The van der Waals surface area contributed by atoms with Gasteiger partial charge in [0.05, 0.1) is 17.7 Å². The number of nitrogens with one attached hydrogen (secondary N) is 1. The molecule has 186 valence electrons. The van der Waals surface area contributed by atoms with E-state index in [1.807, 2.05) is 0 Å². The number of anilines is 1. The van der Waals surface area contributed by atoms with Crippen LogP contribution in [0.1, 0.15) is 26.3 Å². The molecule has 0 aliphatic heterocycles. The number of rotatable bonds is 7. The number of hydrogen-bond donors (Lipinski definition) is 1. The van der Waals surface area contributed by atoms with Gasteiger partial charge in [-0.05, 0) is 47.4 Å². The predicted octanol–water partition coefficient (Wildman–Crippen LogP) is 6.09. The summed E-state index contributed by atoms with van der Waals surface area (Å²) in [6.45, 7) is 6.17. The summed E-state index contributed by atoms with van der Waals surface area (Å²) in [5.41, 5.74) is 1.24. The van der Waals surface area contributed by atoms with Crippen molar-refractivity contribution in [3.63, 3.8) is 0 Å². The second kappa shape index (κ2) is 10.1. The Bertz CT molecular complexity index is 1470. The molecule has 0 amide bonds. The van der Waals surface area contributed by atoms with Crippen LogP contribution >= 0.6 is 11.6 Å². The lowest BCUT2D eigenvalue weighted by atomic mass is 9.87. The number of aromatic nitrogens is 3. The summed E-state index contributed by atoms with van der Waals surface area (Å²) in [6.07, 6.45) is 3.11. The maximum absolute atomic E-state index is 13.4. The Labute approximate surface area is 215 Å². The normalized spacial score (nSPS) is 11.7. The van der Waals surface area contributed by atoms with Crippen molar-refractivity contribution in [2.45, 2.75) is 31.1 Å². The van der Waals surface area contributed by atoms with Gasteiger partial charge in [-0.1, -0.05) is 56.6 Å². The Kier molecular flexibility index (Phi) is 7.14. The molecule has 0 bridgehead atoms. The van der Waals surface area contributed by atoms with Crippen LogP contribution in [0.15, 0.2) is 78.0 Å². The van der Waals surface area contributed by atoms with Gasteiger partial charge in [0.2, 0.25) is 0 Å². The summed E-state index contributed by atoms with van der Waals surface area (Å²) in [5, 5.41) is -0.0772. The highest BCUT2D eigenvalue weighted by atomic mass is 35.5. The molecule has 36 heavy (non-hydrogen) atoms. The molecule has 2 aromatic heterocycles. The lowest BCUT2D eigenvalue weighted by Crippen LogP contribution is -2.15. The van der Waals surface area contributed by atoms with E-state index in [1.54, 1.807) is 67.0 Å². The molecule has 0 spiro atoms. The second-order valence-electron chi connectivity index (χ2n) is 8.88. The van der Waals surface area contributed by atoms with Crippen LogP contribution in [0.2, 0.25) is 5.15 Å². The first-order valence-electron chi connectivity index (χ1n) is 11.0.